The summed E-state index contributed by atoms with van der Waals surface area (Å²) in [5.41, 5.74) is -1.48. The summed E-state index contributed by atoms with van der Waals surface area (Å²) in [7, 11) is 0. The first-order chi connectivity index (χ1) is 12.8. The van der Waals surface area contributed by atoms with Crippen LogP contribution in [0.2, 0.25) is 0 Å². The molecule has 1 fully saturated rings. The molecule has 1 aliphatic rings. The van der Waals surface area contributed by atoms with Crippen LogP contribution in [-0.4, -0.2) is 17.0 Å². The number of hydrogen-bond donors (Lipinski definition) is 1. The summed E-state index contributed by atoms with van der Waals surface area (Å²) in [6, 6.07) is 11.8. The number of alkyl halides is 3. The molecule has 4 nitrogen and oxygen atoms in total. The number of nitrogens with zero attached hydrogens (tertiary/aromatic N) is 1. The molecule has 0 aliphatic heterocycles. The fourth-order valence-electron chi connectivity index (χ4n) is 3.77. The van der Waals surface area contributed by atoms with Gasteiger partial charge in [0.05, 0.1) is 0 Å². The maximum Gasteiger partial charge on any atom is 0.421 e. The molecule has 1 N–H and O–H groups in total. The molecule has 1 aromatic carbocycles. The lowest BCUT2D eigenvalue weighted by Gasteiger charge is -2.30. The van der Waals surface area contributed by atoms with Crippen LogP contribution in [0.5, 0.6) is 0 Å². The molecule has 0 saturated heterocycles. The second-order valence-electron chi connectivity index (χ2n) is 6.98. The van der Waals surface area contributed by atoms with Gasteiger partial charge in [-0.2, -0.15) is 13.2 Å². The Bertz CT molecular complexity index is 854. The van der Waals surface area contributed by atoms with Crippen molar-refractivity contribution in [1.29, 1.82) is 0 Å². The van der Waals surface area contributed by atoms with E-state index < -0.39 is 29.8 Å². The van der Waals surface area contributed by atoms with Gasteiger partial charge in [0.2, 0.25) is 5.91 Å². The van der Waals surface area contributed by atoms with Gasteiger partial charge in [-0.25, -0.2) is 0 Å². The molecule has 2 aromatic rings. The van der Waals surface area contributed by atoms with Gasteiger partial charge in [-0.05, 0) is 30.5 Å². The lowest BCUT2D eigenvalue weighted by molar-refractivity contribution is -0.139. The summed E-state index contributed by atoms with van der Waals surface area (Å²) < 4.78 is 39.3. The monoisotopic (exact) mass is 378 g/mol. The van der Waals surface area contributed by atoms with Crippen LogP contribution >= 0.6 is 0 Å². The van der Waals surface area contributed by atoms with Crippen molar-refractivity contribution in [3.05, 3.63) is 70.1 Å². The molecule has 1 heterocycles. The number of carbonyl (C=O) groups is 1. The first kappa shape index (κ1) is 19.2. The molecular formula is C20H21F3N2O2. The fourth-order valence-corrected chi connectivity index (χ4v) is 3.77. The molecule has 1 saturated carbocycles. The Balaban J connectivity index is 1.71. The van der Waals surface area contributed by atoms with Crippen molar-refractivity contribution in [2.24, 2.45) is 0 Å². The number of pyridine rings is 1. The molecular weight excluding hydrogens is 357 g/mol. The van der Waals surface area contributed by atoms with Crippen LogP contribution in [0.25, 0.3) is 0 Å². The summed E-state index contributed by atoms with van der Waals surface area (Å²) in [6.07, 6.45) is 0.481. The lowest BCUT2D eigenvalue weighted by Crippen LogP contribution is -2.41. The van der Waals surface area contributed by atoms with Crippen LogP contribution < -0.4 is 10.9 Å². The third-order valence-corrected chi connectivity index (χ3v) is 5.21. The highest BCUT2D eigenvalue weighted by molar-refractivity contribution is 5.75. The van der Waals surface area contributed by atoms with E-state index in [4.69, 9.17) is 0 Å². The summed E-state index contributed by atoms with van der Waals surface area (Å²) in [5.74, 6) is -0.473. The fraction of sp³-hybridized carbons (Fsp3) is 0.400. The number of nitrogens with one attached hydrogen (secondary N) is 1. The lowest BCUT2D eigenvalue weighted by atomic mass is 9.79. The molecule has 0 spiro atoms. The summed E-state index contributed by atoms with van der Waals surface area (Å²) in [4.78, 5) is 24.3. The standard InChI is InChI=1S/C20H21F3N2O2/c21-20(22,23)16-9-6-12-25(18(16)27)13-17(26)24-14-19(10-4-5-11-19)15-7-2-1-3-8-15/h1-3,6-9,12H,4-5,10-11,13-14H2,(H,24,26). The zero-order valence-corrected chi connectivity index (χ0v) is 14.8. The van der Waals surface area contributed by atoms with Gasteiger partial charge in [0, 0.05) is 18.2 Å². The number of benzene rings is 1. The van der Waals surface area contributed by atoms with Crippen LogP contribution in [0, 0.1) is 0 Å². The number of carbonyl (C=O) groups excluding carboxylic acids is 1. The van der Waals surface area contributed by atoms with E-state index >= 15 is 0 Å². The number of amides is 1. The van der Waals surface area contributed by atoms with E-state index in [1.54, 1.807) is 0 Å². The van der Waals surface area contributed by atoms with Crippen molar-refractivity contribution in [2.75, 3.05) is 6.54 Å². The number of aromatic nitrogens is 1. The van der Waals surface area contributed by atoms with Crippen LogP contribution in [0.3, 0.4) is 0 Å². The predicted molar refractivity (Wildman–Crippen MR) is 95.3 cm³/mol. The Morgan fingerprint density at radius 2 is 1.74 bits per heavy atom. The maximum absolute atomic E-state index is 12.8. The van der Waals surface area contributed by atoms with Crippen molar-refractivity contribution >= 4 is 5.91 Å². The van der Waals surface area contributed by atoms with E-state index in [1.165, 1.54) is 6.20 Å². The quantitative estimate of drug-likeness (QED) is 0.866. The normalized spacial score (nSPS) is 16.3. The van der Waals surface area contributed by atoms with Gasteiger partial charge in [0.25, 0.3) is 5.56 Å². The highest BCUT2D eigenvalue weighted by atomic mass is 19.4. The SMILES string of the molecule is O=C(Cn1cccc(C(F)(F)F)c1=O)NCC1(c2ccccc2)CCCC1. The van der Waals surface area contributed by atoms with E-state index in [2.05, 4.69) is 5.32 Å². The van der Waals surface area contributed by atoms with Crippen LogP contribution in [-0.2, 0) is 22.9 Å². The summed E-state index contributed by atoms with van der Waals surface area (Å²) >= 11 is 0. The Labute approximate surface area is 155 Å². The highest BCUT2D eigenvalue weighted by Crippen LogP contribution is 2.40. The van der Waals surface area contributed by atoms with Crippen molar-refractivity contribution < 1.29 is 18.0 Å². The second kappa shape index (κ2) is 7.58. The maximum atomic E-state index is 12.8. The number of halogens is 3. The average Bonchev–Trinajstić information content (AvgIpc) is 3.12. The Hall–Kier alpha value is -2.57. The van der Waals surface area contributed by atoms with E-state index in [9.17, 15) is 22.8 Å². The van der Waals surface area contributed by atoms with Crippen molar-refractivity contribution in [3.8, 4) is 0 Å². The van der Waals surface area contributed by atoms with Crippen molar-refractivity contribution in [2.45, 2.75) is 43.8 Å². The van der Waals surface area contributed by atoms with E-state index in [-0.39, 0.29) is 5.41 Å². The minimum absolute atomic E-state index is 0.157. The summed E-state index contributed by atoms with van der Waals surface area (Å²) in [5, 5.41) is 2.82. The number of rotatable bonds is 5. The van der Waals surface area contributed by atoms with Crippen molar-refractivity contribution in [3.63, 3.8) is 0 Å². The van der Waals surface area contributed by atoms with Crippen LogP contribution in [0.4, 0.5) is 13.2 Å². The van der Waals surface area contributed by atoms with E-state index in [0.717, 1.165) is 47.9 Å². The third-order valence-electron chi connectivity index (χ3n) is 5.21. The molecule has 0 unspecified atom stereocenters. The smallest absolute Gasteiger partial charge is 0.354 e. The van der Waals surface area contributed by atoms with Gasteiger partial charge in [-0.3, -0.25) is 9.59 Å². The van der Waals surface area contributed by atoms with Gasteiger partial charge in [-0.15, -0.1) is 0 Å². The average molecular weight is 378 g/mol. The van der Waals surface area contributed by atoms with Gasteiger partial charge in [-0.1, -0.05) is 43.2 Å². The topological polar surface area (TPSA) is 51.1 Å². The third kappa shape index (κ3) is 4.23. The van der Waals surface area contributed by atoms with Crippen LogP contribution in [0.15, 0.2) is 53.5 Å². The molecule has 1 amide bonds. The highest BCUT2D eigenvalue weighted by Gasteiger charge is 2.36. The Morgan fingerprint density at radius 3 is 2.37 bits per heavy atom. The first-order valence-corrected chi connectivity index (χ1v) is 8.91. The molecule has 0 radical (unpaired) electrons. The Morgan fingerprint density at radius 1 is 1.07 bits per heavy atom. The van der Waals surface area contributed by atoms with Gasteiger partial charge in [0.1, 0.15) is 12.1 Å². The Kier molecular flexibility index (Phi) is 5.39. The minimum Gasteiger partial charge on any atom is -0.354 e. The zero-order chi connectivity index (χ0) is 19.5. The molecule has 7 heteroatoms. The van der Waals surface area contributed by atoms with Gasteiger partial charge < -0.3 is 9.88 Å². The molecule has 144 valence electrons. The molecule has 3 rings (SSSR count). The van der Waals surface area contributed by atoms with Crippen LogP contribution in [0.1, 0.15) is 36.8 Å². The second-order valence-corrected chi connectivity index (χ2v) is 6.98. The van der Waals surface area contributed by atoms with Crippen molar-refractivity contribution in [1.82, 2.24) is 9.88 Å². The molecule has 0 atom stereocenters. The summed E-state index contributed by atoms with van der Waals surface area (Å²) in [6.45, 7) is -0.0306. The zero-order valence-electron chi connectivity index (χ0n) is 14.8. The molecule has 1 aromatic heterocycles. The predicted octanol–water partition coefficient (Wildman–Crippen LogP) is 3.50. The van der Waals surface area contributed by atoms with E-state index in [1.807, 2.05) is 30.3 Å². The largest absolute Gasteiger partial charge is 0.421 e. The number of hydrogen-bond acceptors (Lipinski definition) is 2. The molecule has 27 heavy (non-hydrogen) atoms. The minimum atomic E-state index is -4.74. The molecule has 0 bridgehead atoms. The first-order valence-electron chi connectivity index (χ1n) is 8.91. The van der Waals surface area contributed by atoms with Gasteiger partial charge in [0.15, 0.2) is 0 Å². The molecule has 1 aliphatic carbocycles. The van der Waals surface area contributed by atoms with E-state index in [0.29, 0.717) is 6.54 Å². The van der Waals surface area contributed by atoms with Gasteiger partial charge >= 0.3 is 6.18 Å².